The van der Waals surface area contributed by atoms with E-state index in [1.807, 2.05) is 37.4 Å². The normalized spacial score (nSPS) is 11.1. The predicted octanol–water partition coefficient (Wildman–Crippen LogP) is 3.49. The Morgan fingerprint density at radius 1 is 1.23 bits per heavy atom. The third-order valence-electron chi connectivity index (χ3n) is 3.38. The Morgan fingerprint density at radius 3 is 2.50 bits per heavy atom. The Hall–Kier alpha value is -1.50. The van der Waals surface area contributed by atoms with Crippen LogP contribution in [0.1, 0.15) is 5.69 Å². The van der Waals surface area contributed by atoms with Crippen LogP contribution in [-0.2, 0) is 13.6 Å². The zero-order chi connectivity index (χ0) is 15.9. The third-order valence-corrected chi connectivity index (χ3v) is 4.94. The van der Waals surface area contributed by atoms with Crippen LogP contribution in [0.25, 0.3) is 5.69 Å². The molecule has 3 rings (SSSR count). The van der Waals surface area contributed by atoms with E-state index >= 15 is 0 Å². The first-order chi connectivity index (χ1) is 10.5. The average Bonchev–Trinajstić information content (AvgIpc) is 2.94. The molecule has 0 saturated carbocycles. The van der Waals surface area contributed by atoms with Gasteiger partial charge in [0.15, 0.2) is 5.15 Å². The highest BCUT2D eigenvalue weighted by Gasteiger charge is 2.18. The van der Waals surface area contributed by atoms with E-state index in [1.54, 1.807) is 20.3 Å². The lowest BCUT2D eigenvalue weighted by Gasteiger charge is -2.10. The van der Waals surface area contributed by atoms with Gasteiger partial charge in [-0.15, -0.1) is 0 Å². The number of nitrogens with zero attached hydrogens (tertiary/aromatic N) is 4. The van der Waals surface area contributed by atoms with Crippen molar-refractivity contribution in [3.8, 4) is 5.69 Å². The van der Waals surface area contributed by atoms with Crippen LogP contribution in [0.3, 0.4) is 0 Å². The Bertz CT molecular complexity index is 882. The molecule has 0 amide bonds. The van der Waals surface area contributed by atoms with Crippen LogP contribution in [0.2, 0.25) is 10.3 Å². The van der Waals surface area contributed by atoms with Gasteiger partial charge < -0.3 is 4.57 Å². The second-order valence-corrected chi connectivity index (χ2v) is 6.20. The lowest BCUT2D eigenvalue weighted by molar-refractivity contribution is 0.596. The van der Waals surface area contributed by atoms with Gasteiger partial charge in [-0.2, -0.15) is 0 Å². The van der Waals surface area contributed by atoms with Gasteiger partial charge in [-0.25, -0.2) is 9.67 Å². The number of halogens is 3. The Kier molecular flexibility index (Phi) is 4.16. The molecule has 2 heterocycles. The number of benzene rings is 1. The first-order valence-electron chi connectivity index (χ1n) is 6.38. The summed E-state index contributed by atoms with van der Waals surface area (Å²) in [6.45, 7) is 0.380. The third kappa shape index (κ3) is 2.51. The molecule has 0 spiro atoms. The lowest BCUT2D eigenvalue weighted by Crippen LogP contribution is -2.20. The quantitative estimate of drug-likeness (QED) is 0.674. The topological polar surface area (TPSA) is 44.8 Å². The first-order valence-corrected chi connectivity index (χ1v) is 7.93. The van der Waals surface area contributed by atoms with Gasteiger partial charge in [-0.1, -0.05) is 41.4 Å². The summed E-state index contributed by atoms with van der Waals surface area (Å²) in [5.41, 5.74) is 1.42. The van der Waals surface area contributed by atoms with Gasteiger partial charge in [0.2, 0.25) is 0 Å². The van der Waals surface area contributed by atoms with Crippen molar-refractivity contribution >= 4 is 39.1 Å². The summed E-state index contributed by atoms with van der Waals surface area (Å²) < 4.78 is 5.54. The minimum atomic E-state index is -0.133. The van der Waals surface area contributed by atoms with Gasteiger partial charge in [-0.05, 0) is 28.1 Å². The molecule has 0 aliphatic heterocycles. The number of hydrogen-bond donors (Lipinski definition) is 0. The summed E-state index contributed by atoms with van der Waals surface area (Å²) in [5, 5.41) is 0.582. The van der Waals surface area contributed by atoms with Gasteiger partial charge in [0.1, 0.15) is 9.63 Å². The van der Waals surface area contributed by atoms with Crippen molar-refractivity contribution in [2.24, 2.45) is 7.05 Å². The molecule has 114 valence electrons. The van der Waals surface area contributed by atoms with E-state index in [2.05, 4.69) is 20.9 Å². The van der Waals surface area contributed by atoms with E-state index in [0.29, 0.717) is 16.2 Å². The van der Waals surface area contributed by atoms with Crippen LogP contribution in [0.15, 0.2) is 45.9 Å². The van der Waals surface area contributed by atoms with E-state index in [-0.39, 0.29) is 10.7 Å². The van der Waals surface area contributed by atoms with Crippen molar-refractivity contribution in [1.29, 1.82) is 0 Å². The van der Waals surface area contributed by atoms with Crippen molar-refractivity contribution < 1.29 is 0 Å². The molecule has 2 aromatic heterocycles. The van der Waals surface area contributed by atoms with E-state index in [4.69, 9.17) is 23.2 Å². The molecule has 0 unspecified atom stereocenters. The molecule has 1 aromatic carbocycles. The molecule has 0 saturated heterocycles. The number of rotatable bonds is 3. The molecular formula is C14H11BrCl2N4O. The smallest absolute Gasteiger partial charge is 0.286 e. The Morgan fingerprint density at radius 2 is 1.91 bits per heavy atom. The molecule has 0 N–H and O–H groups in total. The summed E-state index contributed by atoms with van der Waals surface area (Å²) in [7, 11) is 1.82. The first kappa shape index (κ1) is 15.4. The highest BCUT2D eigenvalue weighted by atomic mass is 79.9. The maximum Gasteiger partial charge on any atom is 0.286 e. The van der Waals surface area contributed by atoms with Gasteiger partial charge >= 0.3 is 0 Å². The molecule has 0 aliphatic carbocycles. The van der Waals surface area contributed by atoms with E-state index in [9.17, 15) is 4.79 Å². The summed E-state index contributed by atoms with van der Waals surface area (Å²) in [5.74, 6) is 0. The van der Waals surface area contributed by atoms with Crippen molar-refractivity contribution in [3.05, 3.63) is 67.5 Å². The number of para-hydroxylation sites is 1. The highest BCUT2D eigenvalue weighted by Crippen LogP contribution is 2.23. The maximum atomic E-state index is 12.5. The molecule has 3 aromatic rings. The van der Waals surface area contributed by atoms with Crippen molar-refractivity contribution in [2.75, 3.05) is 0 Å². The summed E-state index contributed by atoms with van der Waals surface area (Å²) >= 11 is 15.3. The number of imidazole rings is 1. The molecule has 0 radical (unpaired) electrons. The molecule has 0 aliphatic rings. The zero-order valence-electron chi connectivity index (χ0n) is 11.5. The van der Waals surface area contributed by atoms with Crippen LogP contribution in [-0.4, -0.2) is 18.9 Å². The van der Waals surface area contributed by atoms with E-state index in [0.717, 1.165) is 11.4 Å². The van der Waals surface area contributed by atoms with Crippen LogP contribution < -0.4 is 5.56 Å². The van der Waals surface area contributed by atoms with E-state index in [1.165, 1.54) is 0 Å². The largest absolute Gasteiger partial charge is 0.314 e. The fraction of sp³-hybridized carbons (Fsp3) is 0.143. The van der Waals surface area contributed by atoms with Gasteiger partial charge in [0, 0.05) is 7.05 Å². The Balaban J connectivity index is 2.11. The Labute approximate surface area is 144 Å². The average molecular weight is 402 g/mol. The second kappa shape index (κ2) is 5.95. The molecule has 0 bridgehead atoms. The fourth-order valence-corrected chi connectivity index (χ4v) is 3.12. The molecular weight excluding hydrogens is 391 g/mol. The molecule has 0 atom stereocenters. The van der Waals surface area contributed by atoms with Gasteiger partial charge in [0.05, 0.1) is 24.3 Å². The highest BCUT2D eigenvalue weighted by molar-refractivity contribution is 9.10. The van der Waals surface area contributed by atoms with Crippen LogP contribution in [0.5, 0.6) is 0 Å². The van der Waals surface area contributed by atoms with E-state index < -0.39 is 0 Å². The predicted molar refractivity (Wildman–Crippen MR) is 90.1 cm³/mol. The monoisotopic (exact) mass is 400 g/mol. The standard InChI is InChI=1S/C14H11BrCl2N4O/c1-19-10(7-20-8-18-12(16)13(20)17)11(15)14(22)21(19)9-5-3-2-4-6-9/h2-6,8H,7H2,1H3. The summed E-state index contributed by atoms with van der Waals surface area (Å²) in [6, 6.07) is 9.42. The van der Waals surface area contributed by atoms with Crippen LogP contribution >= 0.6 is 39.1 Å². The van der Waals surface area contributed by atoms with Gasteiger partial charge in [-0.3, -0.25) is 9.48 Å². The summed E-state index contributed by atoms with van der Waals surface area (Å²) in [6.07, 6.45) is 1.54. The van der Waals surface area contributed by atoms with Crippen LogP contribution in [0.4, 0.5) is 0 Å². The lowest BCUT2D eigenvalue weighted by atomic mass is 10.3. The number of hydrogen-bond acceptors (Lipinski definition) is 2. The second-order valence-electron chi connectivity index (χ2n) is 4.69. The zero-order valence-corrected chi connectivity index (χ0v) is 14.6. The molecule has 0 fully saturated rings. The van der Waals surface area contributed by atoms with Gasteiger partial charge in [0.25, 0.3) is 5.56 Å². The minimum Gasteiger partial charge on any atom is -0.314 e. The maximum absolute atomic E-state index is 12.5. The van der Waals surface area contributed by atoms with Crippen LogP contribution in [0, 0.1) is 0 Å². The SMILES string of the molecule is Cn1c(Cn2cnc(Cl)c2Cl)c(Br)c(=O)n1-c1ccccc1. The van der Waals surface area contributed by atoms with Crippen molar-refractivity contribution in [3.63, 3.8) is 0 Å². The van der Waals surface area contributed by atoms with Crippen molar-refractivity contribution in [1.82, 2.24) is 18.9 Å². The van der Waals surface area contributed by atoms with Crippen molar-refractivity contribution in [2.45, 2.75) is 6.54 Å². The summed E-state index contributed by atoms with van der Waals surface area (Å²) in [4.78, 5) is 16.4. The molecule has 5 nitrogen and oxygen atoms in total. The number of aromatic nitrogens is 4. The fourth-order valence-electron chi connectivity index (χ4n) is 2.26. The minimum absolute atomic E-state index is 0.133. The molecule has 8 heteroatoms. The molecule has 22 heavy (non-hydrogen) atoms.